The molecule has 2 rings (SSSR count). The van der Waals surface area contributed by atoms with E-state index in [1.54, 1.807) is 36.0 Å². The van der Waals surface area contributed by atoms with Gasteiger partial charge in [-0.2, -0.15) is 5.26 Å². The molecular formula is C16H16N4OS3. The lowest BCUT2D eigenvalue weighted by Gasteiger charge is -2.10. The molecule has 5 nitrogen and oxygen atoms in total. The van der Waals surface area contributed by atoms with Crippen molar-refractivity contribution < 1.29 is 4.79 Å². The predicted octanol–water partition coefficient (Wildman–Crippen LogP) is 4.20. The van der Waals surface area contributed by atoms with E-state index >= 15 is 0 Å². The number of carbonyl (C=O) groups is 1. The second-order valence-corrected chi connectivity index (χ2v) is 8.81. The van der Waals surface area contributed by atoms with Gasteiger partial charge in [-0.3, -0.25) is 4.79 Å². The number of aromatic nitrogens is 2. The van der Waals surface area contributed by atoms with Crippen molar-refractivity contribution in [1.82, 2.24) is 10.2 Å². The number of nitriles is 1. The number of hydrogen-bond acceptors (Lipinski definition) is 7. The second-order valence-electron chi connectivity index (χ2n) is 5.02. The number of rotatable bonds is 7. The number of hydrogen-bond donors (Lipinski definition) is 1. The van der Waals surface area contributed by atoms with E-state index in [0.717, 1.165) is 20.0 Å². The molecule has 0 spiro atoms. The Hall–Kier alpha value is -1.82. The highest BCUT2D eigenvalue weighted by Gasteiger charge is 2.17. The SMILES string of the molecule is C=C(C)CSc1nnc(S[C@H](C)C(=O)Nc2ccc(C#N)cc2)s1. The van der Waals surface area contributed by atoms with Crippen LogP contribution in [-0.2, 0) is 4.79 Å². The Morgan fingerprint density at radius 2 is 2.04 bits per heavy atom. The number of anilines is 1. The molecule has 0 saturated heterocycles. The van der Waals surface area contributed by atoms with Gasteiger partial charge in [0.15, 0.2) is 8.68 Å². The monoisotopic (exact) mass is 376 g/mol. The zero-order valence-electron chi connectivity index (χ0n) is 13.3. The summed E-state index contributed by atoms with van der Waals surface area (Å²) in [4.78, 5) is 12.2. The minimum absolute atomic E-state index is 0.115. The molecule has 24 heavy (non-hydrogen) atoms. The first-order valence-corrected chi connectivity index (χ1v) is 9.74. The van der Waals surface area contributed by atoms with Gasteiger partial charge in [0.05, 0.1) is 16.9 Å². The third-order valence-electron chi connectivity index (χ3n) is 2.76. The summed E-state index contributed by atoms with van der Waals surface area (Å²) in [5.41, 5.74) is 2.31. The molecule has 0 aliphatic heterocycles. The Kier molecular flexibility index (Phi) is 6.85. The van der Waals surface area contributed by atoms with Crippen LogP contribution in [0.4, 0.5) is 5.69 Å². The number of nitrogens with zero attached hydrogens (tertiary/aromatic N) is 3. The lowest BCUT2D eigenvalue weighted by atomic mass is 10.2. The summed E-state index contributed by atoms with van der Waals surface area (Å²) >= 11 is 4.45. The van der Waals surface area contributed by atoms with Crippen LogP contribution in [0.5, 0.6) is 0 Å². The van der Waals surface area contributed by atoms with Crippen LogP contribution in [0.1, 0.15) is 19.4 Å². The van der Waals surface area contributed by atoms with Crippen molar-refractivity contribution in [3.8, 4) is 6.07 Å². The number of amides is 1. The summed E-state index contributed by atoms with van der Waals surface area (Å²) in [6, 6.07) is 8.81. The summed E-state index contributed by atoms with van der Waals surface area (Å²) in [5.74, 6) is 0.699. The van der Waals surface area contributed by atoms with Gasteiger partial charge in [-0.05, 0) is 38.1 Å². The fraction of sp³-hybridized carbons (Fsp3) is 0.250. The van der Waals surface area contributed by atoms with Crippen molar-refractivity contribution in [3.05, 3.63) is 42.0 Å². The average molecular weight is 377 g/mol. The third kappa shape index (κ3) is 5.67. The first-order chi connectivity index (χ1) is 11.5. The molecule has 1 atom stereocenters. The lowest BCUT2D eigenvalue weighted by molar-refractivity contribution is -0.115. The van der Waals surface area contributed by atoms with Crippen LogP contribution in [0.15, 0.2) is 45.1 Å². The van der Waals surface area contributed by atoms with E-state index < -0.39 is 0 Å². The topological polar surface area (TPSA) is 78.7 Å². The minimum atomic E-state index is -0.299. The van der Waals surface area contributed by atoms with Crippen LogP contribution in [0, 0.1) is 11.3 Å². The van der Waals surface area contributed by atoms with Crippen LogP contribution < -0.4 is 5.32 Å². The summed E-state index contributed by atoms with van der Waals surface area (Å²) in [6.45, 7) is 7.66. The van der Waals surface area contributed by atoms with Gasteiger partial charge >= 0.3 is 0 Å². The number of thioether (sulfide) groups is 2. The van der Waals surface area contributed by atoms with Gasteiger partial charge in [0, 0.05) is 11.4 Å². The number of nitrogens with one attached hydrogen (secondary N) is 1. The maximum atomic E-state index is 12.2. The van der Waals surface area contributed by atoms with Crippen LogP contribution in [0.2, 0.25) is 0 Å². The van der Waals surface area contributed by atoms with Gasteiger partial charge in [-0.1, -0.05) is 47.0 Å². The van der Waals surface area contributed by atoms with Crippen LogP contribution in [0.3, 0.4) is 0 Å². The average Bonchev–Trinajstić information content (AvgIpc) is 3.01. The van der Waals surface area contributed by atoms with Crippen molar-refractivity contribution in [2.45, 2.75) is 27.8 Å². The van der Waals surface area contributed by atoms with E-state index in [2.05, 4.69) is 22.1 Å². The van der Waals surface area contributed by atoms with Gasteiger partial charge in [0.25, 0.3) is 0 Å². The highest BCUT2D eigenvalue weighted by Crippen LogP contribution is 2.32. The molecule has 8 heteroatoms. The van der Waals surface area contributed by atoms with Crippen LogP contribution in [-0.4, -0.2) is 27.1 Å². The normalized spacial score (nSPS) is 11.5. The zero-order chi connectivity index (χ0) is 17.5. The fourth-order valence-corrected chi connectivity index (χ4v) is 4.57. The maximum Gasteiger partial charge on any atom is 0.237 e. The zero-order valence-corrected chi connectivity index (χ0v) is 15.7. The standard InChI is InChI=1S/C16H16N4OS3/c1-10(2)9-22-15-19-20-16(24-15)23-11(3)14(21)18-13-6-4-12(8-17)5-7-13/h4-7,11H,1,9H2,2-3H3,(H,18,21)/t11-/m1/s1. The molecule has 2 aromatic rings. The van der Waals surface area contributed by atoms with Crippen molar-refractivity contribution >= 4 is 46.5 Å². The largest absolute Gasteiger partial charge is 0.325 e. The molecule has 0 saturated carbocycles. The molecule has 0 unspecified atom stereocenters. The Morgan fingerprint density at radius 1 is 1.38 bits per heavy atom. The fourth-order valence-electron chi connectivity index (χ4n) is 1.56. The molecule has 1 N–H and O–H groups in total. The van der Waals surface area contributed by atoms with Crippen molar-refractivity contribution in [3.63, 3.8) is 0 Å². The quantitative estimate of drug-likeness (QED) is 0.576. The summed E-state index contributed by atoms with van der Waals surface area (Å²) < 4.78 is 1.64. The maximum absolute atomic E-state index is 12.2. The molecule has 0 radical (unpaired) electrons. The molecule has 0 aliphatic rings. The molecule has 1 aromatic carbocycles. The molecule has 1 amide bonds. The van der Waals surface area contributed by atoms with Gasteiger partial charge in [-0.15, -0.1) is 10.2 Å². The van der Waals surface area contributed by atoms with Crippen molar-refractivity contribution in [1.29, 1.82) is 5.26 Å². The lowest BCUT2D eigenvalue weighted by Crippen LogP contribution is -2.22. The predicted molar refractivity (Wildman–Crippen MR) is 101 cm³/mol. The van der Waals surface area contributed by atoms with Gasteiger partial charge in [0.2, 0.25) is 5.91 Å². The first-order valence-electron chi connectivity index (χ1n) is 7.06. The molecule has 1 aromatic heterocycles. The van der Waals surface area contributed by atoms with Gasteiger partial charge in [0.1, 0.15) is 0 Å². The van der Waals surface area contributed by atoms with E-state index in [-0.39, 0.29) is 11.2 Å². The highest BCUT2D eigenvalue weighted by atomic mass is 32.2. The van der Waals surface area contributed by atoms with Gasteiger partial charge < -0.3 is 5.32 Å². The third-order valence-corrected chi connectivity index (χ3v) is 6.23. The molecule has 0 bridgehead atoms. The van der Waals surface area contributed by atoms with E-state index in [4.69, 9.17) is 5.26 Å². The summed E-state index contributed by atoms with van der Waals surface area (Å²) in [7, 11) is 0. The van der Waals surface area contributed by atoms with E-state index in [1.165, 1.54) is 23.1 Å². The highest BCUT2D eigenvalue weighted by molar-refractivity contribution is 8.04. The van der Waals surface area contributed by atoms with E-state index in [0.29, 0.717) is 11.3 Å². The molecule has 1 heterocycles. The Morgan fingerprint density at radius 3 is 2.67 bits per heavy atom. The number of benzene rings is 1. The Bertz CT molecular complexity index is 764. The summed E-state index contributed by atoms with van der Waals surface area (Å²) in [6.07, 6.45) is 0. The summed E-state index contributed by atoms with van der Waals surface area (Å²) in [5, 5.41) is 19.5. The van der Waals surface area contributed by atoms with Crippen LogP contribution in [0.25, 0.3) is 0 Å². The molecule has 124 valence electrons. The molecule has 0 fully saturated rings. The van der Waals surface area contributed by atoms with Crippen LogP contribution >= 0.6 is 34.9 Å². The van der Waals surface area contributed by atoms with E-state index in [9.17, 15) is 4.79 Å². The van der Waals surface area contributed by atoms with Gasteiger partial charge in [-0.25, -0.2) is 0 Å². The van der Waals surface area contributed by atoms with Crippen molar-refractivity contribution in [2.24, 2.45) is 0 Å². The Labute approximate surface area is 153 Å². The molecular weight excluding hydrogens is 360 g/mol. The second kappa shape index (κ2) is 8.87. The molecule has 0 aliphatic carbocycles. The number of carbonyl (C=O) groups excluding carboxylic acids is 1. The van der Waals surface area contributed by atoms with E-state index in [1.807, 2.05) is 19.9 Å². The first kappa shape index (κ1) is 18.5. The smallest absolute Gasteiger partial charge is 0.237 e. The Balaban J connectivity index is 1.89. The van der Waals surface area contributed by atoms with Crippen molar-refractivity contribution in [2.75, 3.05) is 11.1 Å². The minimum Gasteiger partial charge on any atom is -0.325 e.